The van der Waals surface area contributed by atoms with E-state index in [4.69, 9.17) is 26.2 Å². The van der Waals surface area contributed by atoms with E-state index in [-0.39, 0.29) is 28.2 Å². The maximum Gasteiger partial charge on any atom is 0.337 e. The number of nitrogens with two attached hydrogens (primary N) is 2. The summed E-state index contributed by atoms with van der Waals surface area (Å²) in [6, 6.07) is 6.26. The first kappa shape index (κ1) is 21.3. The third kappa shape index (κ3) is 5.65. The van der Waals surface area contributed by atoms with Crippen LogP contribution in [0, 0.1) is 10.1 Å². The van der Waals surface area contributed by atoms with Crippen molar-refractivity contribution in [3.8, 4) is 0 Å². The molecule has 0 bridgehead atoms. The Labute approximate surface area is 151 Å². The summed E-state index contributed by atoms with van der Waals surface area (Å²) in [7, 11) is -4.39. The molecular weight excluding hydrogens is 386 g/mol. The Morgan fingerprint density at radius 2 is 1.52 bits per heavy atom. The zero-order chi connectivity index (χ0) is 20.9. The van der Waals surface area contributed by atoms with Crippen LogP contribution in [-0.2, 0) is 10.1 Å². The van der Waals surface area contributed by atoms with E-state index in [9.17, 15) is 28.1 Å². The molecule has 0 saturated carbocycles. The predicted molar refractivity (Wildman–Crippen MR) is 92.1 cm³/mol. The topological polar surface area (TPSA) is 224 Å². The van der Waals surface area contributed by atoms with Crippen LogP contribution in [-0.4, -0.2) is 40.0 Å². The Bertz CT molecular complexity index is 1020. The van der Waals surface area contributed by atoms with Gasteiger partial charge in [0.25, 0.3) is 15.8 Å². The second-order valence-corrected chi connectivity index (χ2v) is 6.29. The molecule has 2 aromatic carbocycles. The number of anilines is 2. The van der Waals surface area contributed by atoms with Crippen LogP contribution in [0.1, 0.15) is 20.7 Å². The lowest BCUT2D eigenvalue weighted by Crippen LogP contribution is -2.05. The number of benzene rings is 2. The van der Waals surface area contributed by atoms with Gasteiger partial charge in [-0.2, -0.15) is 8.42 Å². The van der Waals surface area contributed by atoms with Gasteiger partial charge in [0.05, 0.1) is 20.9 Å². The van der Waals surface area contributed by atoms with E-state index in [1.807, 2.05) is 0 Å². The minimum absolute atomic E-state index is 0.0463. The molecule has 144 valence electrons. The molecule has 12 nitrogen and oxygen atoms in total. The Balaban J connectivity index is 0.000000271. The van der Waals surface area contributed by atoms with Crippen LogP contribution in [0.15, 0.2) is 41.3 Å². The molecular formula is C14H13N3O9S. The van der Waals surface area contributed by atoms with Crippen LogP contribution in [0.3, 0.4) is 0 Å². The normalized spacial score (nSPS) is 10.4. The second-order valence-electron chi connectivity index (χ2n) is 4.87. The molecule has 13 heteroatoms. The molecule has 7 N–H and O–H groups in total. The van der Waals surface area contributed by atoms with E-state index in [1.165, 1.54) is 12.1 Å². The summed E-state index contributed by atoms with van der Waals surface area (Å²) in [6.07, 6.45) is 0. The summed E-state index contributed by atoms with van der Waals surface area (Å²) in [5, 5.41) is 27.4. The number of rotatable bonds is 4. The monoisotopic (exact) mass is 399 g/mol. The maximum atomic E-state index is 10.6. The van der Waals surface area contributed by atoms with Gasteiger partial charge < -0.3 is 21.7 Å². The highest BCUT2D eigenvalue weighted by Gasteiger charge is 2.15. The number of carbonyl (C=O) groups is 2. The lowest BCUT2D eigenvalue weighted by Gasteiger charge is -2.02. The van der Waals surface area contributed by atoms with Crippen molar-refractivity contribution in [3.63, 3.8) is 0 Å². The fourth-order valence-corrected chi connectivity index (χ4v) is 2.22. The number of nitrogens with zero attached hydrogens (tertiary/aromatic N) is 1. The van der Waals surface area contributed by atoms with Gasteiger partial charge in [-0.15, -0.1) is 0 Å². The van der Waals surface area contributed by atoms with Gasteiger partial charge in [0, 0.05) is 11.8 Å². The molecule has 0 amide bonds. The highest BCUT2D eigenvalue weighted by Crippen LogP contribution is 2.22. The number of hydrogen-bond acceptors (Lipinski definition) is 8. The average Bonchev–Trinajstić information content (AvgIpc) is 2.54. The van der Waals surface area contributed by atoms with E-state index in [2.05, 4.69) is 0 Å². The van der Waals surface area contributed by atoms with Crippen molar-refractivity contribution in [2.75, 3.05) is 11.5 Å². The summed E-state index contributed by atoms with van der Waals surface area (Å²) in [4.78, 5) is 30.1. The molecule has 0 aliphatic rings. The predicted octanol–water partition coefficient (Wildman–Crippen LogP) is 1.09. The van der Waals surface area contributed by atoms with Crippen molar-refractivity contribution in [2.24, 2.45) is 0 Å². The average molecular weight is 399 g/mol. The molecule has 2 aromatic rings. The third-order valence-electron chi connectivity index (χ3n) is 3.03. The van der Waals surface area contributed by atoms with E-state index in [0.29, 0.717) is 0 Å². The molecule has 0 saturated heterocycles. The highest BCUT2D eigenvalue weighted by molar-refractivity contribution is 7.85. The SMILES string of the molecule is Nc1ccc(C(=O)O)cc1[N+](=O)[O-].Nc1ccc(S(=O)(=O)O)cc1C(=O)O. The van der Waals surface area contributed by atoms with E-state index < -0.39 is 31.9 Å². The first-order valence-electron chi connectivity index (χ1n) is 6.72. The van der Waals surface area contributed by atoms with Gasteiger partial charge in [-0.3, -0.25) is 14.7 Å². The van der Waals surface area contributed by atoms with Crippen LogP contribution < -0.4 is 11.5 Å². The summed E-state index contributed by atoms with van der Waals surface area (Å²) in [6.45, 7) is 0. The van der Waals surface area contributed by atoms with Gasteiger partial charge in [-0.05, 0) is 30.3 Å². The van der Waals surface area contributed by atoms with Crippen molar-refractivity contribution < 1.29 is 37.7 Å². The number of nitro groups is 1. The molecule has 0 aliphatic carbocycles. The molecule has 0 aromatic heterocycles. The summed E-state index contributed by atoms with van der Waals surface area (Å²) in [5.41, 5.74) is 9.52. The van der Waals surface area contributed by atoms with Gasteiger partial charge in [0.15, 0.2) is 0 Å². The number of nitrogen functional groups attached to an aromatic ring is 2. The number of carboxylic acids is 2. The first-order valence-corrected chi connectivity index (χ1v) is 8.16. The number of hydrogen-bond donors (Lipinski definition) is 5. The Kier molecular flexibility index (Phi) is 6.41. The van der Waals surface area contributed by atoms with Gasteiger partial charge >= 0.3 is 11.9 Å². The smallest absolute Gasteiger partial charge is 0.337 e. The Morgan fingerprint density at radius 1 is 0.963 bits per heavy atom. The van der Waals surface area contributed by atoms with Gasteiger partial charge in [0.1, 0.15) is 5.69 Å². The molecule has 0 heterocycles. The molecule has 0 unspecified atom stereocenters. The number of carboxylic acid groups (broad SMARTS) is 2. The molecule has 0 aliphatic heterocycles. The molecule has 0 radical (unpaired) electrons. The van der Waals surface area contributed by atoms with Gasteiger partial charge in [-0.25, -0.2) is 9.59 Å². The second kappa shape index (κ2) is 8.11. The minimum atomic E-state index is -4.39. The lowest BCUT2D eigenvalue weighted by molar-refractivity contribution is -0.383. The van der Waals surface area contributed by atoms with Gasteiger partial charge in [-0.1, -0.05) is 0 Å². The quantitative estimate of drug-likeness (QED) is 0.211. The molecule has 2 rings (SSSR count). The maximum absolute atomic E-state index is 10.6. The lowest BCUT2D eigenvalue weighted by atomic mass is 10.2. The molecule has 27 heavy (non-hydrogen) atoms. The molecule has 0 atom stereocenters. The van der Waals surface area contributed by atoms with Crippen LogP contribution >= 0.6 is 0 Å². The highest BCUT2D eigenvalue weighted by atomic mass is 32.2. The third-order valence-corrected chi connectivity index (χ3v) is 3.88. The minimum Gasteiger partial charge on any atom is -0.478 e. The van der Waals surface area contributed by atoms with Gasteiger partial charge in [0.2, 0.25) is 0 Å². The fourth-order valence-electron chi connectivity index (χ4n) is 1.72. The zero-order valence-corrected chi connectivity index (χ0v) is 14.1. The van der Waals surface area contributed by atoms with Crippen molar-refractivity contribution in [1.82, 2.24) is 0 Å². The number of nitro benzene ring substituents is 1. The van der Waals surface area contributed by atoms with Crippen LogP contribution in [0.4, 0.5) is 17.1 Å². The van der Waals surface area contributed by atoms with Crippen molar-refractivity contribution in [2.45, 2.75) is 4.90 Å². The first-order chi connectivity index (χ1) is 12.3. The summed E-state index contributed by atoms with van der Waals surface area (Å²) in [5.74, 6) is -2.57. The molecule has 0 spiro atoms. The van der Waals surface area contributed by atoms with Crippen molar-refractivity contribution >= 4 is 39.1 Å². The summed E-state index contributed by atoms with van der Waals surface area (Å²) < 4.78 is 29.9. The van der Waals surface area contributed by atoms with E-state index in [1.54, 1.807) is 0 Å². The van der Waals surface area contributed by atoms with Crippen LogP contribution in [0.5, 0.6) is 0 Å². The number of aromatic carboxylic acids is 2. The molecule has 0 fully saturated rings. The summed E-state index contributed by atoms with van der Waals surface area (Å²) >= 11 is 0. The van der Waals surface area contributed by atoms with E-state index >= 15 is 0 Å². The van der Waals surface area contributed by atoms with Crippen LogP contribution in [0.2, 0.25) is 0 Å². The standard InChI is InChI=1S/C7H6N2O4.C7H7NO5S/c8-5-2-1-4(7(10)11)3-6(5)9(12)13;8-6-2-1-4(14(11,12)13)3-5(6)7(9)10/h1-3H,8H2,(H,10,11);1-3H,8H2,(H,9,10)(H,11,12,13). The zero-order valence-electron chi connectivity index (χ0n) is 13.3. The van der Waals surface area contributed by atoms with Crippen molar-refractivity contribution in [1.29, 1.82) is 0 Å². The Hall–Kier alpha value is -3.71. The van der Waals surface area contributed by atoms with Crippen molar-refractivity contribution in [3.05, 3.63) is 57.6 Å². The fraction of sp³-hybridized carbons (Fsp3) is 0. The largest absolute Gasteiger partial charge is 0.478 e. The van der Waals surface area contributed by atoms with E-state index in [0.717, 1.165) is 24.3 Å². The Morgan fingerprint density at radius 3 is 1.96 bits per heavy atom. The van der Waals surface area contributed by atoms with Crippen LogP contribution in [0.25, 0.3) is 0 Å².